The molecule has 3 rings (SSSR count). The first-order valence-electron chi connectivity index (χ1n) is 8.25. The molecule has 0 fully saturated rings. The average molecular weight is 429 g/mol. The molecule has 3 aromatic rings. The second-order valence-corrected chi connectivity index (χ2v) is 6.46. The standard InChI is InChI=1S/C20H17BrN2O4/c1-2-26-17-9-8-13(21)11-16(17)19(24)22-14-5-3-6-15(12-14)23-20(25)18-7-4-10-27-18/h3-12H,2H2,1H3,(H,22,24)(H,23,25). The van der Waals surface area contributed by atoms with Crippen molar-refractivity contribution in [2.24, 2.45) is 0 Å². The lowest BCUT2D eigenvalue weighted by Gasteiger charge is -2.12. The van der Waals surface area contributed by atoms with Crippen molar-refractivity contribution in [2.45, 2.75) is 6.92 Å². The molecule has 138 valence electrons. The Kier molecular flexibility index (Phi) is 5.93. The van der Waals surface area contributed by atoms with Gasteiger partial charge < -0.3 is 19.8 Å². The second-order valence-electron chi connectivity index (χ2n) is 5.54. The van der Waals surface area contributed by atoms with Crippen LogP contribution in [0.2, 0.25) is 0 Å². The number of carbonyl (C=O) groups is 2. The Morgan fingerprint density at radius 3 is 2.41 bits per heavy atom. The number of anilines is 2. The fourth-order valence-corrected chi connectivity index (χ4v) is 2.80. The molecule has 6 nitrogen and oxygen atoms in total. The van der Waals surface area contributed by atoms with Gasteiger partial charge in [0.1, 0.15) is 5.75 Å². The predicted molar refractivity (Wildman–Crippen MR) is 106 cm³/mol. The molecular formula is C20H17BrN2O4. The van der Waals surface area contributed by atoms with Crippen LogP contribution in [0, 0.1) is 0 Å². The maximum absolute atomic E-state index is 12.7. The van der Waals surface area contributed by atoms with E-state index in [0.717, 1.165) is 4.47 Å². The van der Waals surface area contributed by atoms with E-state index in [9.17, 15) is 9.59 Å². The van der Waals surface area contributed by atoms with E-state index in [1.165, 1.54) is 6.26 Å². The number of benzene rings is 2. The van der Waals surface area contributed by atoms with Gasteiger partial charge in [0.15, 0.2) is 5.76 Å². The van der Waals surface area contributed by atoms with Gasteiger partial charge in [0.05, 0.1) is 18.4 Å². The third-order valence-electron chi connectivity index (χ3n) is 3.61. The van der Waals surface area contributed by atoms with E-state index in [0.29, 0.717) is 29.3 Å². The summed E-state index contributed by atoms with van der Waals surface area (Å²) >= 11 is 3.37. The number of rotatable bonds is 6. The number of nitrogens with one attached hydrogen (secondary N) is 2. The number of furan rings is 1. The zero-order valence-corrected chi connectivity index (χ0v) is 16.1. The van der Waals surface area contributed by atoms with E-state index in [1.807, 2.05) is 13.0 Å². The quantitative estimate of drug-likeness (QED) is 0.582. The van der Waals surface area contributed by atoms with Gasteiger partial charge in [-0.05, 0) is 55.5 Å². The number of halogens is 1. The summed E-state index contributed by atoms with van der Waals surface area (Å²) in [7, 11) is 0. The van der Waals surface area contributed by atoms with Crippen LogP contribution in [0.1, 0.15) is 27.8 Å². The minimum Gasteiger partial charge on any atom is -0.493 e. The summed E-state index contributed by atoms with van der Waals surface area (Å²) in [5, 5.41) is 5.54. The molecule has 0 bridgehead atoms. The van der Waals surface area contributed by atoms with Gasteiger partial charge in [0.2, 0.25) is 0 Å². The van der Waals surface area contributed by atoms with Crippen molar-refractivity contribution in [3.8, 4) is 5.75 Å². The highest BCUT2D eigenvalue weighted by Crippen LogP contribution is 2.25. The summed E-state index contributed by atoms with van der Waals surface area (Å²) in [4.78, 5) is 24.7. The highest BCUT2D eigenvalue weighted by atomic mass is 79.9. The minimum atomic E-state index is -0.367. The van der Waals surface area contributed by atoms with Crippen LogP contribution in [0.4, 0.5) is 11.4 Å². The zero-order chi connectivity index (χ0) is 19.2. The van der Waals surface area contributed by atoms with Crippen LogP contribution in [0.5, 0.6) is 5.75 Å². The van der Waals surface area contributed by atoms with Gasteiger partial charge in [-0.25, -0.2) is 0 Å². The van der Waals surface area contributed by atoms with Gasteiger partial charge in [-0.2, -0.15) is 0 Å². The third kappa shape index (κ3) is 4.77. The minimum absolute atomic E-state index is 0.208. The molecule has 0 atom stereocenters. The summed E-state index contributed by atoms with van der Waals surface area (Å²) in [5.74, 6) is 0.0313. The summed E-state index contributed by atoms with van der Waals surface area (Å²) in [6, 6.07) is 15.3. The zero-order valence-electron chi connectivity index (χ0n) is 14.5. The van der Waals surface area contributed by atoms with Crippen molar-refractivity contribution < 1.29 is 18.7 Å². The van der Waals surface area contributed by atoms with Crippen LogP contribution in [-0.4, -0.2) is 18.4 Å². The van der Waals surface area contributed by atoms with Crippen molar-refractivity contribution >= 4 is 39.1 Å². The van der Waals surface area contributed by atoms with E-state index in [4.69, 9.17) is 9.15 Å². The smallest absolute Gasteiger partial charge is 0.291 e. The van der Waals surface area contributed by atoms with Gasteiger partial charge in [-0.3, -0.25) is 9.59 Å². The van der Waals surface area contributed by atoms with Gasteiger partial charge in [-0.1, -0.05) is 22.0 Å². The monoisotopic (exact) mass is 428 g/mol. The van der Waals surface area contributed by atoms with Crippen molar-refractivity contribution in [2.75, 3.05) is 17.2 Å². The highest BCUT2D eigenvalue weighted by Gasteiger charge is 2.14. The second kappa shape index (κ2) is 8.55. The van der Waals surface area contributed by atoms with Crippen LogP contribution in [-0.2, 0) is 0 Å². The van der Waals surface area contributed by atoms with Crippen molar-refractivity contribution in [3.63, 3.8) is 0 Å². The lowest BCUT2D eigenvalue weighted by atomic mass is 10.1. The summed E-state index contributed by atoms with van der Waals surface area (Å²) in [6.45, 7) is 2.31. The number of hydrogen-bond acceptors (Lipinski definition) is 4. The summed E-state index contributed by atoms with van der Waals surface area (Å²) in [6.07, 6.45) is 1.43. The predicted octanol–water partition coefficient (Wildman–Crippen LogP) is 4.95. The Morgan fingerprint density at radius 1 is 1.00 bits per heavy atom. The summed E-state index contributed by atoms with van der Waals surface area (Å²) < 4.78 is 11.4. The Labute approximate surface area is 164 Å². The highest BCUT2D eigenvalue weighted by molar-refractivity contribution is 9.10. The molecule has 0 aliphatic heterocycles. The normalized spacial score (nSPS) is 10.3. The first kappa shape index (κ1) is 18.7. The van der Waals surface area contributed by atoms with Crippen molar-refractivity contribution in [1.82, 2.24) is 0 Å². The Balaban J connectivity index is 1.75. The van der Waals surface area contributed by atoms with Crippen LogP contribution in [0.3, 0.4) is 0 Å². The average Bonchev–Trinajstić information content (AvgIpc) is 3.18. The summed E-state index contributed by atoms with van der Waals surface area (Å²) in [5.41, 5.74) is 1.49. The Hall–Kier alpha value is -3.06. The molecule has 1 aromatic heterocycles. The van der Waals surface area contributed by atoms with Gasteiger partial charge in [0.25, 0.3) is 11.8 Å². The van der Waals surface area contributed by atoms with Crippen molar-refractivity contribution in [3.05, 3.63) is 76.7 Å². The fraction of sp³-hybridized carbons (Fsp3) is 0.100. The molecule has 1 heterocycles. The topological polar surface area (TPSA) is 80.6 Å². The van der Waals surface area contributed by atoms with Crippen LogP contribution >= 0.6 is 15.9 Å². The molecule has 27 heavy (non-hydrogen) atoms. The molecule has 2 amide bonds. The van der Waals surface area contributed by atoms with Gasteiger partial charge in [0, 0.05) is 15.8 Å². The van der Waals surface area contributed by atoms with Crippen LogP contribution in [0.15, 0.2) is 69.8 Å². The third-order valence-corrected chi connectivity index (χ3v) is 4.10. The molecule has 2 aromatic carbocycles. The molecule has 0 saturated carbocycles. The SMILES string of the molecule is CCOc1ccc(Br)cc1C(=O)Nc1cccc(NC(=O)c2ccco2)c1. The lowest BCUT2D eigenvalue weighted by Crippen LogP contribution is -2.15. The number of carbonyl (C=O) groups excluding carboxylic acids is 2. The van der Waals surface area contributed by atoms with Crippen LogP contribution in [0.25, 0.3) is 0 Å². The fourth-order valence-electron chi connectivity index (χ4n) is 2.43. The first-order valence-corrected chi connectivity index (χ1v) is 9.04. The molecule has 0 aliphatic rings. The van der Waals surface area contributed by atoms with E-state index in [2.05, 4.69) is 26.6 Å². The molecule has 0 unspecified atom stereocenters. The molecule has 0 spiro atoms. The number of amides is 2. The lowest BCUT2D eigenvalue weighted by molar-refractivity contribution is 0.0994. The van der Waals surface area contributed by atoms with Gasteiger partial charge in [-0.15, -0.1) is 0 Å². The molecular weight excluding hydrogens is 412 g/mol. The maximum Gasteiger partial charge on any atom is 0.291 e. The molecule has 2 N–H and O–H groups in total. The maximum atomic E-state index is 12.7. The molecule has 0 saturated heterocycles. The first-order chi connectivity index (χ1) is 13.1. The largest absolute Gasteiger partial charge is 0.493 e. The van der Waals surface area contributed by atoms with E-state index < -0.39 is 0 Å². The van der Waals surface area contributed by atoms with E-state index >= 15 is 0 Å². The van der Waals surface area contributed by atoms with E-state index in [1.54, 1.807) is 48.5 Å². The van der Waals surface area contributed by atoms with Gasteiger partial charge >= 0.3 is 0 Å². The Morgan fingerprint density at radius 2 is 1.74 bits per heavy atom. The number of hydrogen-bond donors (Lipinski definition) is 2. The Bertz CT molecular complexity index is 954. The molecule has 0 radical (unpaired) electrons. The number of ether oxygens (including phenoxy) is 1. The van der Waals surface area contributed by atoms with E-state index in [-0.39, 0.29) is 17.6 Å². The molecule has 0 aliphatic carbocycles. The van der Waals surface area contributed by atoms with Crippen LogP contribution < -0.4 is 15.4 Å². The van der Waals surface area contributed by atoms with Crippen molar-refractivity contribution in [1.29, 1.82) is 0 Å². The molecule has 7 heteroatoms.